The second-order valence-electron chi connectivity index (χ2n) is 37.3. The molecule has 1 N–H and O–H groups in total. The van der Waals surface area contributed by atoms with Crippen LogP contribution in [0.1, 0.15) is 208 Å². The van der Waals surface area contributed by atoms with E-state index in [0.717, 1.165) is 49.4 Å². The minimum atomic E-state index is -2.54. The number of aliphatic hydroxyl groups is 1. The van der Waals surface area contributed by atoms with Crippen LogP contribution in [0.4, 0.5) is 0 Å². The largest absolute Gasteiger partial charge is 0.414 e. The van der Waals surface area contributed by atoms with Crippen LogP contribution in [0, 0.1) is 17.3 Å². The highest BCUT2D eigenvalue weighted by Crippen LogP contribution is 2.51. The summed E-state index contributed by atoms with van der Waals surface area (Å²) in [7, 11) is -10.2. The van der Waals surface area contributed by atoms with E-state index in [1.165, 1.54) is 0 Å². The minimum absolute atomic E-state index is 0.0150. The van der Waals surface area contributed by atoms with Gasteiger partial charge < -0.3 is 55.7 Å². The summed E-state index contributed by atoms with van der Waals surface area (Å²) in [4.78, 5) is 15.4. The van der Waals surface area contributed by atoms with Gasteiger partial charge in [0.2, 0.25) is 0 Å². The van der Waals surface area contributed by atoms with E-state index in [-0.39, 0.29) is 97.9 Å². The van der Waals surface area contributed by atoms with Gasteiger partial charge in [-0.05, 0) is 153 Å². The maximum atomic E-state index is 15.4. The lowest BCUT2D eigenvalue weighted by Gasteiger charge is -2.56. The number of carbonyl (C=O) groups is 1. The first-order valence-corrected chi connectivity index (χ1v) is 51.5. The first-order valence-electron chi connectivity index (χ1n) is 35.4. The molecule has 0 radical (unpaired) electrons. The van der Waals surface area contributed by atoms with Crippen LogP contribution < -0.4 is 0 Å². The molecular formula is C71H137IO13Si5. The molecule has 0 saturated carbocycles. The number of hydrogen-bond acceptors (Lipinski definition) is 13. The molecule has 13 nitrogen and oxygen atoms in total. The number of alkyl halides is 1. The Hall–Kier alpha value is 0.744. The number of fused-ring (bicyclic) bond motifs is 2. The summed E-state index contributed by atoms with van der Waals surface area (Å²) in [5, 5.41) is 12.5. The van der Waals surface area contributed by atoms with Crippen LogP contribution in [0.25, 0.3) is 0 Å². The molecule has 526 valence electrons. The van der Waals surface area contributed by atoms with Crippen molar-refractivity contribution in [2.24, 2.45) is 17.3 Å². The molecule has 8 aliphatic heterocycles. The number of aliphatic hydroxyl groups excluding tert-OH is 1. The predicted molar refractivity (Wildman–Crippen MR) is 390 cm³/mol. The third kappa shape index (κ3) is 18.8. The zero-order valence-electron chi connectivity index (χ0n) is 62.8. The molecule has 0 aromatic carbocycles. The number of carbonyl (C=O) groups excluding carboxylic acids is 1. The molecular weight excluding hydrogens is 1330 g/mol. The number of methoxy groups -OCH3 is 1. The number of ether oxygens (including phenoxy) is 6. The van der Waals surface area contributed by atoms with Gasteiger partial charge in [-0.1, -0.05) is 159 Å². The second kappa shape index (κ2) is 29.5. The SMILES string of the molecule is CO[C@H]1C(C[C@@H](CO[Si](C)(C)C(C)(C)C)O[Si](C)(C)C(C)(C)C)O[C@H]2C[C@@H](O)C(C)(C)[C@H](C)CC3CC[C@@H]4O[C@@H](CCC/C=C/C(O[Si](C)(C)C(C)(C)C)C5O[C@H]6CCC(CC(=O)CC12)OC6C(O[Si](C)(C)C(C)(C)C)C5O[Si](C)(C)C(C)(C)C)CC4(CI)O3. The molecule has 8 aliphatic rings. The van der Waals surface area contributed by atoms with Crippen LogP contribution in [0.15, 0.2) is 12.2 Å². The lowest BCUT2D eigenvalue weighted by molar-refractivity contribution is -0.266. The van der Waals surface area contributed by atoms with Crippen molar-refractivity contribution in [3.8, 4) is 0 Å². The number of allylic oxidation sites excluding steroid dienone is 1. The highest BCUT2D eigenvalue weighted by molar-refractivity contribution is 14.1. The van der Waals surface area contributed by atoms with E-state index >= 15 is 4.79 Å². The summed E-state index contributed by atoms with van der Waals surface area (Å²) in [5.41, 5.74) is -0.853. The standard InChI is InChI=1S/C71H137IO13Si5/c1-47-39-50-36-38-59-71(46-72,81-50)44-51(77-59)33-31-30-32-34-55(83-88(24,25)67(8,9)10)62-64(85-90(28,29)69(14,15)16)63(84-89(26,27)68(11,12)13)61-54(80-62)37-35-49(78-61)40-48(73)41-53-56(43-58(74)70(47,17)18)79-57(60(53)75-19)42-52(82-87(22,23)66(5,6)7)45-76-86(20,21)65(2,3)4/h32,34,47,49-64,74H,30-31,33,35-46H2,1-29H3/b34-32+/t47-,49?,50?,51+,52+,53?,54+,55?,56+,57?,58-,59+,60-,61?,62?,63?,64?,71?/m1/s1. The van der Waals surface area contributed by atoms with Crippen LogP contribution in [0.2, 0.25) is 90.7 Å². The van der Waals surface area contributed by atoms with Crippen molar-refractivity contribution in [3.05, 3.63) is 12.2 Å². The molecule has 0 spiro atoms. The first kappa shape index (κ1) is 79.7. The molecule has 10 unspecified atom stereocenters. The predicted octanol–water partition coefficient (Wildman–Crippen LogP) is 18.1. The van der Waals surface area contributed by atoms with E-state index in [1.807, 2.05) is 0 Å². The number of Topliss-reactive ketones (excluding diaryl/α,β-unsaturated/α-hetero) is 1. The number of rotatable bonds is 15. The normalized spacial score (nSPS) is 36.2. The van der Waals surface area contributed by atoms with Crippen LogP contribution in [-0.4, -0.2) is 168 Å². The summed E-state index contributed by atoms with van der Waals surface area (Å²) in [6.45, 7) is 64.9. The fraction of sp³-hybridized carbons (Fsp3) is 0.958. The highest BCUT2D eigenvalue weighted by Gasteiger charge is 2.59. The Labute approximate surface area is 570 Å². The zero-order chi connectivity index (χ0) is 68.2. The second-order valence-corrected chi connectivity index (χ2v) is 61.9. The van der Waals surface area contributed by atoms with E-state index in [9.17, 15) is 5.11 Å². The molecule has 0 aromatic rings. The smallest absolute Gasteiger partial charge is 0.193 e. The molecule has 90 heavy (non-hydrogen) atoms. The molecule has 8 rings (SSSR count). The van der Waals surface area contributed by atoms with Crippen molar-refractivity contribution in [2.75, 3.05) is 18.1 Å². The third-order valence-corrected chi connectivity index (χ3v) is 48.9. The Morgan fingerprint density at radius 2 is 1.17 bits per heavy atom. The van der Waals surface area contributed by atoms with E-state index in [0.29, 0.717) is 32.3 Å². The zero-order valence-corrected chi connectivity index (χ0v) is 70.0. The van der Waals surface area contributed by atoms with Gasteiger partial charge in [0.25, 0.3) is 0 Å². The Morgan fingerprint density at radius 3 is 1.71 bits per heavy atom. The maximum absolute atomic E-state index is 15.4. The molecule has 5 fully saturated rings. The fourth-order valence-corrected chi connectivity index (χ4v) is 20.5. The minimum Gasteiger partial charge on any atom is -0.414 e. The summed E-state index contributed by atoms with van der Waals surface area (Å²) in [5.74, 6) is -0.116. The van der Waals surface area contributed by atoms with E-state index in [4.69, 9.17) is 50.6 Å². The molecule has 8 heterocycles. The maximum Gasteiger partial charge on any atom is 0.193 e. The summed E-state index contributed by atoms with van der Waals surface area (Å²) < 4.78 is 81.9. The molecule has 7 bridgehead atoms. The summed E-state index contributed by atoms with van der Waals surface area (Å²) in [6, 6.07) is 0. The van der Waals surface area contributed by atoms with Gasteiger partial charge in [-0.3, -0.25) is 4.79 Å². The van der Waals surface area contributed by atoms with Gasteiger partial charge in [-0.15, -0.1) is 0 Å². The summed E-state index contributed by atoms with van der Waals surface area (Å²) in [6.07, 6.45) is 8.64. The van der Waals surface area contributed by atoms with Crippen LogP contribution in [0.3, 0.4) is 0 Å². The summed E-state index contributed by atoms with van der Waals surface area (Å²) >= 11 is 2.54. The number of hydrogen-bond donors (Lipinski definition) is 1. The monoisotopic (exact) mass is 1460 g/mol. The molecule has 0 amide bonds. The van der Waals surface area contributed by atoms with Crippen molar-refractivity contribution in [1.29, 1.82) is 0 Å². The van der Waals surface area contributed by atoms with Crippen LogP contribution in [-0.2, 0) is 55.3 Å². The lowest BCUT2D eigenvalue weighted by atomic mass is 9.70. The van der Waals surface area contributed by atoms with E-state index < -0.39 is 102 Å². The van der Waals surface area contributed by atoms with Crippen molar-refractivity contribution >= 4 is 70.0 Å². The van der Waals surface area contributed by atoms with Gasteiger partial charge in [0.05, 0.1) is 73.8 Å². The number of ketones is 1. The first-order chi connectivity index (χ1) is 40.8. The Balaban J connectivity index is 1.46. The Bertz CT molecular complexity index is 2350. The van der Waals surface area contributed by atoms with Crippen molar-refractivity contribution < 1.29 is 60.5 Å². The topological polar surface area (TPSA) is 139 Å². The van der Waals surface area contributed by atoms with Crippen molar-refractivity contribution in [2.45, 2.75) is 396 Å². The van der Waals surface area contributed by atoms with Gasteiger partial charge in [0.1, 0.15) is 35.8 Å². The molecule has 0 aliphatic carbocycles. The Morgan fingerprint density at radius 1 is 0.622 bits per heavy atom. The van der Waals surface area contributed by atoms with Gasteiger partial charge in [0, 0.05) is 49.6 Å². The van der Waals surface area contributed by atoms with Crippen LogP contribution in [0.5, 0.6) is 0 Å². The number of halogens is 1. The lowest BCUT2D eigenvalue weighted by Crippen LogP contribution is -2.69. The van der Waals surface area contributed by atoms with Gasteiger partial charge >= 0.3 is 0 Å². The molecule has 0 aromatic heterocycles. The average molecular weight is 1470 g/mol. The quantitative estimate of drug-likeness (QED) is 0.0721. The van der Waals surface area contributed by atoms with Gasteiger partial charge in [0.15, 0.2) is 41.6 Å². The molecule has 5 saturated heterocycles. The van der Waals surface area contributed by atoms with Crippen molar-refractivity contribution in [3.63, 3.8) is 0 Å². The van der Waals surface area contributed by atoms with E-state index in [2.05, 4.69) is 225 Å². The van der Waals surface area contributed by atoms with Crippen molar-refractivity contribution in [1.82, 2.24) is 0 Å². The molecule has 19 heteroatoms. The fourth-order valence-electron chi connectivity index (χ4n) is 13.3. The molecule has 18 atom stereocenters. The average Bonchev–Trinajstić information content (AvgIpc) is 0.863. The van der Waals surface area contributed by atoms with Crippen LogP contribution >= 0.6 is 22.6 Å². The van der Waals surface area contributed by atoms with E-state index in [1.54, 1.807) is 7.11 Å². The Kier molecular flexibility index (Phi) is 26.1. The van der Waals surface area contributed by atoms with Gasteiger partial charge in [-0.25, -0.2) is 0 Å². The third-order valence-electron chi connectivity index (χ3n) is 25.2. The highest BCUT2D eigenvalue weighted by atomic mass is 127. The van der Waals surface area contributed by atoms with Gasteiger partial charge in [-0.2, -0.15) is 0 Å².